The monoisotopic (exact) mass is 256 g/mol. The Balaban J connectivity index is 1.98. The molecule has 1 unspecified atom stereocenters. The second-order valence-electron chi connectivity index (χ2n) is 3.63. The van der Waals surface area contributed by atoms with E-state index in [1.54, 1.807) is 18.6 Å². The zero-order valence-electron chi connectivity index (χ0n) is 9.30. The molecule has 0 aromatic carbocycles. The summed E-state index contributed by atoms with van der Waals surface area (Å²) in [6.07, 6.45) is -0.607. The fourth-order valence-corrected chi connectivity index (χ4v) is 1.41. The molecule has 0 saturated carbocycles. The van der Waals surface area contributed by atoms with E-state index in [4.69, 9.17) is 0 Å². The quantitative estimate of drug-likeness (QED) is 0.835. The van der Waals surface area contributed by atoms with Gasteiger partial charge in [0, 0.05) is 24.7 Å². The van der Waals surface area contributed by atoms with Gasteiger partial charge in [-0.1, -0.05) is 0 Å². The third-order valence-corrected chi connectivity index (χ3v) is 2.24. The summed E-state index contributed by atoms with van der Waals surface area (Å²) in [4.78, 5) is 3.88. The summed E-state index contributed by atoms with van der Waals surface area (Å²) in [7, 11) is 0. The van der Waals surface area contributed by atoms with Crippen molar-refractivity contribution in [3.8, 4) is 0 Å². The summed E-state index contributed by atoms with van der Waals surface area (Å²) in [5.74, 6) is 0.0804. The van der Waals surface area contributed by atoms with Crippen LogP contribution in [-0.4, -0.2) is 27.5 Å². The van der Waals surface area contributed by atoms with Gasteiger partial charge in [0.15, 0.2) is 0 Å². The van der Waals surface area contributed by atoms with Gasteiger partial charge in [-0.25, -0.2) is 13.2 Å². The van der Waals surface area contributed by atoms with Gasteiger partial charge in [-0.05, 0) is 17.7 Å². The highest BCUT2D eigenvalue weighted by molar-refractivity contribution is 5.33. The third kappa shape index (κ3) is 3.22. The minimum atomic E-state index is -3.07. The Hall–Kier alpha value is -2.05. The van der Waals surface area contributed by atoms with Crippen molar-refractivity contribution in [2.75, 3.05) is 5.32 Å². The van der Waals surface area contributed by atoms with E-state index < -0.39 is 12.7 Å². The third-order valence-electron chi connectivity index (χ3n) is 2.24. The molecule has 96 valence electrons. The van der Waals surface area contributed by atoms with E-state index in [1.807, 2.05) is 17.4 Å². The van der Waals surface area contributed by atoms with Crippen molar-refractivity contribution in [3.05, 3.63) is 42.4 Å². The zero-order chi connectivity index (χ0) is 13.0. The van der Waals surface area contributed by atoms with Crippen molar-refractivity contribution in [1.29, 1.82) is 0 Å². The molecule has 1 N–H and O–H groups in total. The van der Waals surface area contributed by atoms with E-state index in [1.165, 1.54) is 10.7 Å². The molecule has 7 heteroatoms. The molecule has 0 aliphatic heterocycles. The van der Waals surface area contributed by atoms with Gasteiger partial charge in [0.2, 0.25) is 6.30 Å². The topological polar surface area (TPSA) is 42.7 Å². The maximum absolute atomic E-state index is 12.7. The number of alkyl halides is 3. The molecule has 2 rings (SSSR count). The van der Waals surface area contributed by atoms with Gasteiger partial charge in [0.25, 0.3) is 6.43 Å². The summed E-state index contributed by atoms with van der Waals surface area (Å²) in [6, 6.07) is 5.06. The van der Waals surface area contributed by atoms with Crippen LogP contribution in [0.3, 0.4) is 0 Å². The number of nitrogens with one attached hydrogen (secondary N) is 1. The normalized spacial score (nSPS) is 12.7. The van der Waals surface area contributed by atoms with Gasteiger partial charge in [0.1, 0.15) is 5.82 Å². The van der Waals surface area contributed by atoms with Crippen molar-refractivity contribution in [3.63, 3.8) is 0 Å². The average Bonchev–Trinajstić information content (AvgIpc) is 2.77. The van der Waals surface area contributed by atoms with Crippen LogP contribution in [0.2, 0.25) is 0 Å². The number of halogens is 3. The molecule has 0 aliphatic rings. The first kappa shape index (κ1) is 12.4. The summed E-state index contributed by atoms with van der Waals surface area (Å²) in [6.45, 7) is 0.468. The second-order valence-corrected chi connectivity index (χ2v) is 3.63. The van der Waals surface area contributed by atoms with E-state index in [-0.39, 0.29) is 5.82 Å². The number of rotatable bonds is 5. The maximum Gasteiger partial charge on any atom is 0.287 e. The number of aromatic nitrogens is 3. The minimum Gasteiger partial charge on any atom is -0.335 e. The van der Waals surface area contributed by atoms with E-state index in [0.29, 0.717) is 6.54 Å². The molecule has 2 aromatic rings. The van der Waals surface area contributed by atoms with Gasteiger partial charge >= 0.3 is 0 Å². The molecule has 2 aromatic heterocycles. The SMILES string of the molecule is FC(F)C(F)Nc1ccn(Cc2ccncc2)n1. The highest BCUT2D eigenvalue weighted by Crippen LogP contribution is 2.11. The van der Waals surface area contributed by atoms with Crippen LogP contribution < -0.4 is 5.32 Å². The smallest absolute Gasteiger partial charge is 0.287 e. The Kier molecular flexibility index (Phi) is 3.81. The van der Waals surface area contributed by atoms with Crippen LogP contribution in [0.1, 0.15) is 5.56 Å². The number of hydrogen-bond donors (Lipinski definition) is 1. The van der Waals surface area contributed by atoms with E-state index >= 15 is 0 Å². The average molecular weight is 256 g/mol. The first-order valence-corrected chi connectivity index (χ1v) is 5.26. The molecule has 4 nitrogen and oxygen atoms in total. The molecule has 18 heavy (non-hydrogen) atoms. The number of nitrogens with zero attached hydrogens (tertiary/aromatic N) is 3. The van der Waals surface area contributed by atoms with Gasteiger partial charge in [-0.15, -0.1) is 0 Å². The maximum atomic E-state index is 12.7. The Labute approximate surface area is 101 Å². The Bertz CT molecular complexity index is 486. The molecule has 0 fully saturated rings. The van der Waals surface area contributed by atoms with Crippen molar-refractivity contribution in [2.45, 2.75) is 19.3 Å². The molecule has 0 amide bonds. The van der Waals surface area contributed by atoms with Crippen molar-refractivity contribution in [2.24, 2.45) is 0 Å². The van der Waals surface area contributed by atoms with Gasteiger partial charge in [0.05, 0.1) is 6.54 Å². The molecular formula is C11H11F3N4. The van der Waals surface area contributed by atoms with Gasteiger partial charge in [-0.3, -0.25) is 9.67 Å². The number of hydrogen-bond acceptors (Lipinski definition) is 3. The molecule has 0 aliphatic carbocycles. The molecular weight excluding hydrogens is 245 g/mol. The molecule has 2 heterocycles. The highest BCUT2D eigenvalue weighted by Gasteiger charge is 2.19. The van der Waals surface area contributed by atoms with Crippen molar-refractivity contribution < 1.29 is 13.2 Å². The molecule has 1 atom stereocenters. The molecule has 0 bridgehead atoms. The van der Waals surface area contributed by atoms with Crippen LogP contribution in [0.5, 0.6) is 0 Å². The van der Waals surface area contributed by atoms with Crippen molar-refractivity contribution >= 4 is 5.82 Å². The van der Waals surface area contributed by atoms with Crippen LogP contribution >= 0.6 is 0 Å². The number of pyridine rings is 1. The first-order valence-electron chi connectivity index (χ1n) is 5.26. The van der Waals surface area contributed by atoms with Gasteiger partial charge < -0.3 is 5.32 Å². The Morgan fingerprint density at radius 1 is 1.17 bits per heavy atom. The van der Waals surface area contributed by atoms with Crippen LogP contribution in [0.4, 0.5) is 19.0 Å². The van der Waals surface area contributed by atoms with E-state index in [0.717, 1.165) is 5.56 Å². The van der Waals surface area contributed by atoms with Crippen LogP contribution in [0.15, 0.2) is 36.8 Å². The van der Waals surface area contributed by atoms with Crippen LogP contribution in [-0.2, 0) is 6.54 Å². The summed E-state index contributed by atoms with van der Waals surface area (Å²) >= 11 is 0. The Morgan fingerprint density at radius 3 is 2.56 bits per heavy atom. The fraction of sp³-hybridized carbons (Fsp3) is 0.273. The molecule has 0 radical (unpaired) electrons. The first-order chi connectivity index (χ1) is 8.65. The van der Waals surface area contributed by atoms with E-state index in [9.17, 15) is 13.2 Å². The van der Waals surface area contributed by atoms with E-state index in [2.05, 4.69) is 10.1 Å². The zero-order valence-corrected chi connectivity index (χ0v) is 9.30. The Morgan fingerprint density at radius 2 is 1.89 bits per heavy atom. The predicted octanol–water partition coefficient (Wildman–Crippen LogP) is 2.30. The molecule has 0 spiro atoms. The lowest BCUT2D eigenvalue weighted by Crippen LogP contribution is -2.22. The summed E-state index contributed by atoms with van der Waals surface area (Å²) < 4.78 is 38.2. The molecule has 0 saturated heterocycles. The largest absolute Gasteiger partial charge is 0.335 e. The van der Waals surface area contributed by atoms with Gasteiger partial charge in [-0.2, -0.15) is 5.10 Å². The summed E-state index contributed by atoms with van der Waals surface area (Å²) in [5, 5.41) is 5.93. The fourth-order valence-electron chi connectivity index (χ4n) is 1.41. The lowest BCUT2D eigenvalue weighted by molar-refractivity contribution is 0.0648. The highest BCUT2D eigenvalue weighted by atomic mass is 19.3. The lowest BCUT2D eigenvalue weighted by Gasteiger charge is -2.07. The minimum absolute atomic E-state index is 0.0804. The van der Waals surface area contributed by atoms with Crippen LogP contribution in [0, 0.1) is 0 Å². The summed E-state index contributed by atoms with van der Waals surface area (Å²) in [5.41, 5.74) is 0.963. The standard InChI is InChI=1S/C11H11F3N4/c12-10(13)11(14)16-9-3-6-18(17-9)7-8-1-4-15-5-2-8/h1-6,10-11H,7H2,(H,16,17). The number of anilines is 1. The predicted molar refractivity (Wildman–Crippen MR) is 60.1 cm³/mol. The van der Waals surface area contributed by atoms with Crippen LogP contribution in [0.25, 0.3) is 0 Å². The second kappa shape index (κ2) is 5.52. The van der Waals surface area contributed by atoms with Crippen molar-refractivity contribution in [1.82, 2.24) is 14.8 Å². The lowest BCUT2D eigenvalue weighted by atomic mass is 10.3.